The van der Waals surface area contributed by atoms with E-state index in [4.69, 9.17) is 0 Å². The molecule has 2 aromatic carbocycles. The molecule has 1 atom stereocenters. The molecule has 4 nitrogen and oxygen atoms in total. The summed E-state index contributed by atoms with van der Waals surface area (Å²) in [6.45, 7) is 3.56. The van der Waals surface area contributed by atoms with Crippen LogP contribution in [0, 0.1) is 6.92 Å². The van der Waals surface area contributed by atoms with Gasteiger partial charge < -0.3 is 5.11 Å². The summed E-state index contributed by atoms with van der Waals surface area (Å²) in [5.41, 5.74) is 3.90. The topological polar surface area (TPSA) is 52.9 Å². The molecular formula is C18H18N2O2. The highest BCUT2D eigenvalue weighted by molar-refractivity contribution is 6.03. The summed E-state index contributed by atoms with van der Waals surface area (Å²) in [7, 11) is 0. The summed E-state index contributed by atoms with van der Waals surface area (Å²) >= 11 is 0. The maximum Gasteiger partial charge on any atom is 0.240 e. The zero-order valence-corrected chi connectivity index (χ0v) is 12.7. The van der Waals surface area contributed by atoms with Crippen LogP contribution in [0.25, 0.3) is 0 Å². The second-order valence-electron chi connectivity index (χ2n) is 5.59. The van der Waals surface area contributed by atoms with Crippen LogP contribution >= 0.6 is 0 Å². The van der Waals surface area contributed by atoms with Gasteiger partial charge in [-0.05, 0) is 24.6 Å². The van der Waals surface area contributed by atoms with E-state index in [2.05, 4.69) is 11.2 Å². The lowest BCUT2D eigenvalue weighted by atomic mass is 9.97. The maximum atomic E-state index is 11.9. The number of hydrogen-bond acceptors (Lipinski definition) is 3. The van der Waals surface area contributed by atoms with E-state index in [0.29, 0.717) is 6.42 Å². The van der Waals surface area contributed by atoms with Gasteiger partial charge in [0.1, 0.15) is 5.75 Å². The fraction of sp³-hybridized carbons (Fsp3) is 0.222. The van der Waals surface area contributed by atoms with E-state index in [1.165, 1.54) is 11.9 Å². The van der Waals surface area contributed by atoms with E-state index in [1.807, 2.05) is 31.2 Å². The first-order chi connectivity index (χ1) is 10.5. The van der Waals surface area contributed by atoms with Gasteiger partial charge in [-0.15, -0.1) is 0 Å². The minimum atomic E-state index is -0.0882. The van der Waals surface area contributed by atoms with Crippen molar-refractivity contribution < 1.29 is 9.90 Å². The van der Waals surface area contributed by atoms with E-state index in [1.54, 1.807) is 18.2 Å². The molecule has 22 heavy (non-hydrogen) atoms. The van der Waals surface area contributed by atoms with E-state index in [-0.39, 0.29) is 17.7 Å². The summed E-state index contributed by atoms with van der Waals surface area (Å²) in [5, 5.41) is 15.6. The van der Waals surface area contributed by atoms with Gasteiger partial charge in [0.05, 0.1) is 11.8 Å². The van der Waals surface area contributed by atoms with E-state index in [9.17, 15) is 9.90 Å². The van der Waals surface area contributed by atoms with Crippen molar-refractivity contribution in [2.75, 3.05) is 0 Å². The molecule has 0 aliphatic carbocycles. The van der Waals surface area contributed by atoms with Crippen LogP contribution in [0.4, 0.5) is 0 Å². The third kappa shape index (κ3) is 2.72. The summed E-state index contributed by atoms with van der Waals surface area (Å²) in [6.07, 6.45) is 0.645. The average molecular weight is 294 g/mol. The summed E-state index contributed by atoms with van der Waals surface area (Å²) in [5.74, 6) is 0.121. The number of carbonyl (C=O) groups is 1. The zero-order chi connectivity index (χ0) is 15.7. The second-order valence-corrected chi connectivity index (χ2v) is 5.59. The molecule has 4 heteroatoms. The van der Waals surface area contributed by atoms with Gasteiger partial charge >= 0.3 is 0 Å². The quantitative estimate of drug-likeness (QED) is 0.923. The molecule has 1 N–H and O–H groups in total. The minimum absolute atomic E-state index is 0.0818. The number of amides is 1. The number of aryl methyl sites for hydroxylation is 1. The van der Waals surface area contributed by atoms with Gasteiger partial charge in [0, 0.05) is 18.9 Å². The first-order valence-electron chi connectivity index (χ1n) is 7.28. The molecule has 0 fully saturated rings. The predicted octanol–water partition coefficient (Wildman–Crippen LogP) is 3.40. The van der Waals surface area contributed by atoms with Crippen LogP contribution in [0.2, 0.25) is 0 Å². The number of hydrazone groups is 1. The first kappa shape index (κ1) is 14.3. The van der Waals surface area contributed by atoms with Gasteiger partial charge in [-0.1, -0.05) is 42.0 Å². The third-order valence-corrected chi connectivity index (χ3v) is 3.84. The molecule has 0 aromatic heterocycles. The standard InChI is InChI=1S/C18H18N2O2/c1-12-5-3-7-15(9-12)18-11-17(19-20(18)13(2)21)14-6-4-8-16(22)10-14/h3-10,18,22H,11H2,1-2H3/t18-/m1/s1. The summed E-state index contributed by atoms with van der Waals surface area (Å²) < 4.78 is 0. The van der Waals surface area contributed by atoms with Gasteiger partial charge in [0.15, 0.2) is 0 Å². The lowest BCUT2D eigenvalue weighted by Crippen LogP contribution is -2.24. The highest BCUT2D eigenvalue weighted by Gasteiger charge is 2.31. The molecule has 0 unspecified atom stereocenters. The Morgan fingerprint density at radius 3 is 2.68 bits per heavy atom. The number of carbonyl (C=O) groups excluding carboxylic acids is 1. The largest absolute Gasteiger partial charge is 0.508 e. The predicted molar refractivity (Wildman–Crippen MR) is 85.7 cm³/mol. The molecule has 3 rings (SSSR count). The Labute approximate surface area is 129 Å². The fourth-order valence-corrected chi connectivity index (χ4v) is 2.80. The van der Waals surface area contributed by atoms with Gasteiger partial charge in [0.25, 0.3) is 0 Å². The Morgan fingerprint density at radius 1 is 1.23 bits per heavy atom. The number of hydrogen-bond donors (Lipinski definition) is 1. The molecule has 0 saturated heterocycles. The summed E-state index contributed by atoms with van der Waals surface area (Å²) in [4.78, 5) is 11.9. The SMILES string of the molecule is CC(=O)N1N=C(c2cccc(O)c2)C[C@@H]1c1cccc(C)c1. The number of phenols is 1. The van der Waals surface area contributed by atoms with Gasteiger partial charge in [-0.3, -0.25) is 4.79 Å². The zero-order valence-electron chi connectivity index (χ0n) is 12.7. The van der Waals surface area contributed by atoms with Crippen molar-refractivity contribution in [3.05, 3.63) is 65.2 Å². The molecule has 1 amide bonds. The third-order valence-electron chi connectivity index (χ3n) is 3.84. The Kier molecular flexibility index (Phi) is 3.67. The number of benzene rings is 2. The Balaban J connectivity index is 1.96. The van der Waals surface area contributed by atoms with Crippen LogP contribution < -0.4 is 0 Å². The minimum Gasteiger partial charge on any atom is -0.508 e. The number of rotatable bonds is 2. The molecule has 0 spiro atoms. The van der Waals surface area contributed by atoms with Gasteiger partial charge in [0.2, 0.25) is 5.91 Å². The number of phenolic OH excluding ortho intramolecular Hbond substituents is 1. The van der Waals surface area contributed by atoms with E-state index >= 15 is 0 Å². The smallest absolute Gasteiger partial charge is 0.240 e. The number of nitrogens with zero attached hydrogens (tertiary/aromatic N) is 2. The Morgan fingerprint density at radius 2 is 2.00 bits per heavy atom. The highest BCUT2D eigenvalue weighted by atomic mass is 16.3. The average Bonchev–Trinajstić information content (AvgIpc) is 2.92. The van der Waals surface area contributed by atoms with Crippen LogP contribution in [0.3, 0.4) is 0 Å². The fourth-order valence-electron chi connectivity index (χ4n) is 2.80. The first-order valence-corrected chi connectivity index (χ1v) is 7.28. The molecule has 112 valence electrons. The molecular weight excluding hydrogens is 276 g/mol. The van der Waals surface area contributed by atoms with Crippen molar-refractivity contribution in [3.8, 4) is 5.75 Å². The lowest BCUT2D eigenvalue weighted by Gasteiger charge is -2.20. The van der Waals surface area contributed by atoms with Crippen molar-refractivity contribution in [1.82, 2.24) is 5.01 Å². The van der Waals surface area contributed by atoms with Crippen LogP contribution in [0.1, 0.15) is 36.1 Å². The second kappa shape index (κ2) is 5.64. The molecule has 2 aromatic rings. The molecule has 0 bridgehead atoms. The lowest BCUT2D eigenvalue weighted by molar-refractivity contribution is -0.130. The normalized spacial score (nSPS) is 17.5. The Hall–Kier alpha value is -2.62. The van der Waals surface area contributed by atoms with Crippen molar-refractivity contribution in [2.45, 2.75) is 26.3 Å². The van der Waals surface area contributed by atoms with Crippen molar-refractivity contribution in [2.24, 2.45) is 5.10 Å². The Bertz CT molecular complexity index is 752. The summed E-state index contributed by atoms with van der Waals surface area (Å²) in [6, 6.07) is 15.0. The van der Waals surface area contributed by atoms with Gasteiger partial charge in [-0.2, -0.15) is 5.10 Å². The molecule has 1 heterocycles. The molecule has 1 aliphatic heterocycles. The monoisotopic (exact) mass is 294 g/mol. The van der Waals surface area contributed by atoms with Crippen LogP contribution in [0.15, 0.2) is 53.6 Å². The van der Waals surface area contributed by atoms with E-state index in [0.717, 1.165) is 22.4 Å². The maximum absolute atomic E-state index is 11.9. The van der Waals surface area contributed by atoms with Crippen molar-refractivity contribution >= 4 is 11.6 Å². The van der Waals surface area contributed by atoms with Crippen molar-refractivity contribution in [1.29, 1.82) is 0 Å². The van der Waals surface area contributed by atoms with Crippen molar-refractivity contribution in [3.63, 3.8) is 0 Å². The van der Waals surface area contributed by atoms with Crippen LogP contribution in [-0.2, 0) is 4.79 Å². The van der Waals surface area contributed by atoms with E-state index < -0.39 is 0 Å². The van der Waals surface area contributed by atoms with Gasteiger partial charge in [-0.25, -0.2) is 5.01 Å². The molecule has 0 saturated carbocycles. The van der Waals surface area contributed by atoms with Crippen LogP contribution in [-0.4, -0.2) is 21.7 Å². The molecule has 1 aliphatic rings. The number of aromatic hydroxyl groups is 1. The molecule has 0 radical (unpaired) electrons. The highest BCUT2D eigenvalue weighted by Crippen LogP contribution is 2.33. The van der Waals surface area contributed by atoms with Crippen LogP contribution in [0.5, 0.6) is 5.75 Å².